The summed E-state index contributed by atoms with van der Waals surface area (Å²) in [6.45, 7) is 22.9. The van der Waals surface area contributed by atoms with Gasteiger partial charge in [-0.15, -0.1) is 0 Å². The van der Waals surface area contributed by atoms with Crippen molar-refractivity contribution in [2.75, 3.05) is 0 Å². The van der Waals surface area contributed by atoms with E-state index in [0.717, 1.165) is 25.7 Å². The van der Waals surface area contributed by atoms with Gasteiger partial charge < -0.3 is 27.7 Å². The summed E-state index contributed by atoms with van der Waals surface area (Å²) in [5.74, 6) is 0. The van der Waals surface area contributed by atoms with Crippen molar-refractivity contribution in [3.05, 3.63) is 27.7 Å². The van der Waals surface area contributed by atoms with Crippen LogP contribution < -0.4 is 0 Å². The molecule has 108 valence electrons. The largest absolute Gasteiger partial charge is 0.343 e. The van der Waals surface area contributed by atoms with E-state index >= 15 is 0 Å². The van der Waals surface area contributed by atoms with E-state index in [2.05, 4.69) is 55.4 Å². The normalized spacial score (nSPS) is 6.67. The van der Waals surface area contributed by atoms with Crippen LogP contribution in [0.25, 0.3) is 0 Å². The zero-order valence-electron chi connectivity index (χ0n) is 13.9. The maximum absolute atomic E-state index is 3.60. The third kappa shape index (κ3) is 147. The standard InChI is InChI=1S/4C4H9.Ca.Zn/c4*1-3-4-2;;/h4*1,3-4H2,2H3;;/q4*-1;;. The van der Waals surface area contributed by atoms with Gasteiger partial charge in [-0.1, -0.05) is 53.4 Å². The molecule has 0 aliphatic rings. The smallest absolute Gasteiger partial charge is 0 e. The van der Waals surface area contributed by atoms with Crippen molar-refractivity contribution in [2.45, 2.75) is 79.1 Å². The molecule has 18 heavy (non-hydrogen) atoms. The zero-order chi connectivity index (χ0) is 13.7. The molecular formula is C16H36CaZn-4. The first-order valence-electron chi connectivity index (χ1n) is 6.83. The Kier molecular flexibility index (Phi) is 126. The van der Waals surface area contributed by atoms with Gasteiger partial charge in [0.15, 0.2) is 0 Å². The van der Waals surface area contributed by atoms with Crippen LogP contribution in [-0.4, -0.2) is 37.7 Å². The van der Waals surface area contributed by atoms with Crippen molar-refractivity contribution < 1.29 is 19.5 Å². The SMILES string of the molecule is [CH2-]CCC.[CH2-]CCC.[CH2-]CCC.[CH2-]CCC.[Ca].[Zn]. The monoisotopic (exact) mass is 332 g/mol. The summed E-state index contributed by atoms with van der Waals surface area (Å²) in [4.78, 5) is 0. The Balaban J connectivity index is -0.0000000257. The minimum atomic E-state index is 0. The van der Waals surface area contributed by atoms with Crippen LogP contribution >= 0.6 is 0 Å². The molecule has 0 atom stereocenters. The Morgan fingerprint density at radius 2 is 0.556 bits per heavy atom. The molecule has 0 heterocycles. The van der Waals surface area contributed by atoms with E-state index < -0.39 is 0 Å². The predicted octanol–water partition coefficient (Wildman–Crippen LogP) is 6.10. The third-order valence-electron chi connectivity index (χ3n) is 1.41. The second-order valence-electron chi connectivity index (χ2n) is 3.41. The minimum absolute atomic E-state index is 0. The van der Waals surface area contributed by atoms with Crippen molar-refractivity contribution in [3.63, 3.8) is 0 Å². The molecule has 0 aliphatic carbocycles. The first-order valence-corrected chi connectivity index (χ1v) is 6.83. The first-order chi connectivity index (χ1) is 7.66. The fraction of sp³-hybridized carbons (Fsp3) is 0.750. The molecule has 0 rings (SSSR count). The molecule has 0 amide bonds. The van der Waals surface area contributed by atoms with E-state index in [-0.39, 0.29) is 57.2 Å². The second kappa shape index (κ2) is 61.8. The third-order valence-corrected chi connectivity index (χ3v) is 1.41. The Morgan fingerprint density at radius 1 is 0.500 bits per heavy atom. The molecule has 0 bridgehead atoms. The molecule has 2 heteroatoms. The molecular weight excluding hydrogens is 298 g/mol. The van der Waals surface area contributed by atoms with Gasteiger partial charge in [0.25, 0.3) is 0 Å². The van der Waals surface area contributed by atoms with Crippen LogP contribution in [0.4, 0.5) is 0 Å². The summed E-state index contributed by atoms with van der Waals surface area (Å²) < 4.78 is 0. The maximum atomic E-state index is 3.60. The number of hydrogen-bond acceptors (Lipinski definition) is 0. The van der Waals surface area contributed by atoms with Crippen molar-refractivity contribution in [1.82, 2.24) is 0 Å². The minimum Gasteiger partial charge on any atom is -0.343 e. The number of unbranched alkanes of at least 4 members (excludes halogenated alkanes) is 4. The molecule has 0 nitrogen and oxygen atoms in total. The summed E-state index contributed by atoms with van der Waals surface area (Å²) in [6, 6.07) is 0. The fourth-order valence-corrected chi connectivity index (χ4v) is 0. The average molecular weight is 334 g/mol. The van der Waals surface area contributed by atoms with Gasteiger partial charge in [0.2, 0.25) is 0 Å². The zero-order valence-corrected chi connectivity index (χ0v) is 19.1. The van der Waals surface area contributed by atoms with Crippen molar-refractivity contribution in [2.24, 2.45) is 0 Å². The van der Waals surface area contributed by atoms with Gasteiger partial charge in [0.1, 0.15) is 0 Å². The molecule has 0 saturated carbocycles. The second-order valence-corrected chi connectivity index (χ2v) is 3.41. The van der Waals surface area contributed by atoms with E-state index in [4.69, 9.17) is 0 Å². The van der Waals surface area contributed by atoms with Crippen LogP contribution in [0.2, 0.25) is 0 Å². The van der Waals surface area contributed by atoms with Crippen LogP contribution in [0, 0.1) is 27.7 Å². The molecule has 0 unspecified atom stereocenters. The summed E-state index contributed by atoms with van der Waals surface area (Å²) in [5.41, 5.74) is 0. The van der Waals surface area contributed by atoms with Gasteiger partial charge in [-0.05, 0) is 0 Å². The Morgan fingerprint density at radius 3 is 0.556 bits per heavy atom. The van der Waals surface area contributed by atoms with Crippen LogP contribution in [-0.2, 0) is 19.5 Å². The quantitative estimate of drug-likeness (QED) is 0.431. The molecule has 0 aromatic rings. The van der Waals surface area contributed by atoms with E-state index in [0.29, 0.717) is 0 Å². The molecule has 2 radical (unpaired) electrons. The summed E-state index contributed by atoms with van der Waals surface area (Å²) in [6.07, 6.45) is 9.11. The first kappa shape index (κ1) is 36.8. The van der Waals surface area contributed by atoms with Crippen LogP contribution in [0.3, 0.4) is 0 Å². The number of rotatable bonds is 4. The Labute approximate surface area is 162 Å². The molecule has 0 saturated heterocycles. The van der Waals surface area contributed by atoms with Crippen molar-refractivity contribution in [3.8, 4) is 0 Å². The summed E-state index contributed by atoms with van der Waals surface area (Å²) >= 11 is 0. The van der Waals surface area contributed by atoms with Crippen LogP contribution in [0.15, 0.2) is 0 Å². The number of hydrogen-bond donors (Lipinski definition) is 0. The summed E-state index contributed by atoms with van der Waals surface area (Å²) in [7, 11) is 0. The molecule has 0 fully saturated rings. The van der Waals surface area contributed by atoms with Gasteiger partial charge in [-0.3, -0.25) is 0 Å². The van der Waals surface area contributed by atoms with Gasteiger partial charge in [-0.2, -0.15) is 25.7 Å². The van der Waals surface area contributed by atoms with Gasteiger partial charge >= 0.3 is 0 Å². The van der Waals surface area contributed by atoms with Crippen molar-refractivity contribution >= 4 is 37.7 Å². The Bertz CT molecular complexity index is 35.1. The molecule has 0 aliphatic heterocycles. The fourth-order valence-electron chi connectivity index (χ4n) is 0. The van der Waals surface area contributed by atoms with Crippen LogP contribution in [0.5, 0.6) is 0 Å². The molecule has 0 N–H and O–H groups in total. The topological polar surface area (TPSA) is 0 Å². The van der Waals surface area contributed by atoms with E-state index in [1.807, 2.05) is 0 Å². The van der Waals surface area contributed by atoms with Gasteiger partial charge in [0, 0.05) is 57.2 Å². The van der Waals surface area contributed by atoms with E-state index in [1.165, 1.54) is 25.7 Å². The van der Waals surface area contributed by atoms with Crippen LogP contribution in [0.1, 0.15) is 79.1 Å². The van der Waals surface area contributed by atoms with E-state index in [1.54, 1.807) is 0 Å². The maximum Gasteiger partial charge on any atom is 0 e. The predicted molar refractivity (Wildman–Crippen MR) is 86.8 cm³/mol. The molecule has 0 spiro atoms. The van der Waals surface area contributed by atoms with Gasteiger partial charge in [-0.25, -0.2) is 0 Å². The molecule has 0 aromatic carbocycles. The molecule has 0 aromatic heterocycles. The summed E-state index contributed by atoms with van der Waals surface area (Å²) in [5, 5.41) is 0. The average Bonchev–Trinajstić information content (AvgIpc) is 2.39. The van der Waals surface area contributed by atoms with Gasteiger partial charge in [0.05, 0.1) is 0 Å². The van der Waals surface area contributed by atoms with E-state index in [9.17, 15) is 0 Å². The Hall–Kier alpha value is 1.88. The van der Waals surface area contributed by atoms with Crippen molar-refractivity contribution in [1.29, 1.82) is 0 Å².